The van der Waals surface area contributed by atoms with Gasteiger partial charge in [-0.15, -0.1) is 0 Å². The van der Waals surface area contributed by atoms with E-state index >= 15 is 0 Å². The Labute approximate surface area is 170 Å². The molecule has 29 heavy (non-hydrogen) atoms. The van der Waals surface area contributed by atoms with Gasteiger partial charge in [0.15, 0.2) is 0 Å². The van der Waals surface area contributed by atoms with Crippen LogP contribution in [0, 0.1) is 6.92 Å². The molecule has 0 aliphatic heterocycles. The first-order chi connectivity index (χ1) is 14.0. The van der Waals surface area contributed by atoms with Gasteiger partial charge in [-0.05, 0) is 54.8 Å². The van der Waals surface area contributed by atoms with Gasteiger partial charge in [-0.1, -0.05) is 12.1 Å². The molecule has 2 aromatic heterocycles. The van der Waals surface area contributed by atoms with Gasteiger partial charge in [-0.2, -0.15) is 0 Å². The zero-order valence-corrected chi connectivity index (χ0v) is 16.9. The van der Waals surface area contributed by atoms with Gasteiger partial charge in [0.05, 0.1) is 7.11 Å². The minimum atomic E-state index is -0.227. The summed E-state index contributed by atoms with van der Waals surface area (Å²) in [5.74, 6) is 1.09. The zero-order valence-electron chi connectivity index (χ0n) is 16.9. The summed E-state index contributed by atoms with van der Waals surface area (Å²) in [6.07, 6.45) is 4.41. The Hall–Kier alpha value is -3.48. The molecule has 0 aliphatic carbocycles. The highest BCUT2D eigenvalue weighted by atomic mass is 16.5. The summed E-state index contributed by atoms with van der Waals surface area (Å²) in [6.45, 7) is 3.02. The van der Waals surface area contributed by atoms with Crippen molar-refractivity contribution >= 4 is 11.9 Å². The number of anilines is 1. The maximum absolute atomic E-state index is 12.6. The molecule has 2 heterocycles. The molecule has 150 valence electrons. The van der Waals surface area contributed by atoms with Gasteiger partial charge in [0.1, 0.15) is 11.4 Å². The van der Waals surface area contributed by atoms with Gasteiger partial charge in [-0.25, -0.2) is 9.97 Å². The second-order valence-corrected chi connectivity index (χ2v) is 6.75. The number of benzene rings is 1. The fraction of sp³-hybridized carbons (Fsp3) is 0.273. The van der Waals surface area contributed by atoms with Crippen LogP contribution in [0.3, 0.4) is 0 Å². The van der Waals surface area contributed by atoms with Crippen LogP contribution < -0.4 is 15.0 Å². The molecule has 0 spiro atoms. The van der Waals surface area contributed by atoms with Gasteiger partial charge in [0.2, 0.25) is 5.95 Å². The predicted molar refractivity (Wildman–Crippen MR) is 112 cm³/mol. The van der Waals surface area contributed by atoms with E-state index in [2.05, 4.69) is 20.3 Å². The molecule has 0 atom stereocenters. The summed E-state index contributed by atoms with van der Waals surface area (Å²) in [5, 5.41) is 2.91. The molecule has 0 saturated carbocycles. The van der Waals surface area contributed by atoms with E-state index in [0.717, 1.165) is 30.0 Å². The first-order valence-corrected chi connectivity index (χ1v) is 9.42. The molecule has 0 bridgehead atoms. The summed E-state index contributed by atoms with van der Waals surface area (Å²) in [6, 6.07) is 13.2. The fourth-order valence-corrected chi connectivity index (χ4v) is 2.80. The average molecular weight is 391 g/mol. The SMILES string of the molecule is COc1ccc(CNC(=O)c2cc(C)nc(N(C)CCc3ccncc3)n2)cc1. The molecule has 0 saturated heterocycles. The number of hydrogen-bond acceptors (Lipinski definition) is 6. The van der Waals surface area contributed by atoms with Crippen molar-refractivity contribution in [3.63, 3.8) is 0 Å². The molecule has 7 nitrogen and oxygen atoms in total. The first-order valence-electron chi connectivity index (χ1n) is 9.42. The number of nitrogens with one attached hydrogen (secondary N) is 1. The Kier molecular flexibility index (Phi) is 6.73. The first kappa shape index (κ1) is 20.3. The lowest BCUT2D eigenvalue weighted by Gasteiger charge is -2.18. The largest absolute Gasteiger partial charge is 0.497 e. The number of aromatic nitrogens is 3. The molecule has 0 aliphatic rings. The van der Waals surface area contributed by atoms with Crippen molar-refractivity contribution in [2.75, 3.05) is 25.6 Å². The standard InChI is InChI=1S/C22H25N5O2/c1-16-14-20(21(28)24-15-18-4-6-19(29-3)7-5-18)26-22(25-16)27(2)13-10-17-8-11-23-12-9-17/h4-9,11-12,14H,10,13,15H2,1-3H3,(H,24,28). The topological polar surface area (TPSA) is 80.2 Å². The smallest absolute Gasteiger partial charge is 0.270 e. The van der Waals surface area contributed by atoms with E-state index in [1.807, 2.05) is 55.3 Å². The van der Waals surface area contributed by atoms with Crippen LogP contribution in [0.25, 0.3) is 0 Å². The molecule has 3 rings (SSSR count). The molecule has 0 radical (unpaired) electrons. The molecule has 1 aromatic carbocycles. The molecule has 0 unspecified atom stereocenters. The van der Waals surface area contributed by atoms with Crippen molar-refractivity contribution in [2.45, 2.75) is 19.9 Å². The number of nitrogens with zero attached hydrogens (tertiary/aromatic N) is 4. The third-order valence-corrected chi connectivity index (χ3v) is 4.51. The second-order valence-electron chi connectivity index (χ2n) is 6.75. The number of ether oxygens (including phenoxy) is 1. The van der Waals surface area contributed by atoms with Crippen LogP contribution >= 0.6 is 0 Å². The number of aryl methyl sites for hydroxylation is 1. The van der Waals surface area contributed by atoms with Gasteiger partial charge >= 0.3 is 0 Å². The van der Waals surface area contributed by atoms with E-state index in [0.29, 0.717) is 18.2 Å². The minimum absolute atomic E-state index is 0.227. The van der Waals surface area contributed by atoms with Gasteiger partial charge in [-0.3, -0.25) is 9.78 Å². The number of hydrogen-bond donors (Lipinski definition) is 1. The minimum Gasteiger partial charge on any atom is -0.497 e. The summed E-state index contributed by atoms with van der Waals surface area (Å²) >= 11 is 0. The van der Waals surface area contributed by atoms with Crippen LogP contribution in [-0.2, 0) is 13.0 Å². The highest BCUT2D eigenvalue weighted by molar-refractivity contribution is 5.92. The third-order valence-electron chi connectivity index (χ3n) is 4.51. The summed E-state index contributed by atoms with van der Waals surface area (Å²) < 4.78 is 5.15. The lowest BCUT2D eigenvalue weighted by atomic mass is 10.2. The van der Waals surface area contributed by atoms with Crippen LogP contribution in [0.1, 0.15) is 27.3 Å². The number of methoxy groups -OCH3 is 1. The Morgan fingerprint density at radius 2 is 1.79 bits per heavy atom. The third kappa shape index (κ3) is 5.75. The number of pyridine rings is 1. The van der Waals surface area contributed by atoms with Crippen LogP contribution in [0.5, 0.6) is 5.75 Å². The van der Waals surface area contributed by atoms with Crippen molar-refractivity contribution in [3.05, 3.63) is 77.4 Å². The quantitative estimate of drug-likeness (QED) is 0.636. The van der Waals surface area contributed by atoms with Crippen molar-refractivity contribution < 1.29 is 9.53 Å². The number of carbonyl (C=O) groups is 1. The summed E-state index contributed by atoms with van der Waals surface area (Å²) in [5.41, 5.74) is 3.29. The Morgan fingerprint density at radius 3 is 2.48 bits per heavy atom. The number of amides is 1. The van der Waals surface area contributed by atoms with Crippen LogP contribution in [0.4, 0.5) is 5.95 Å². The molecule has 7 heteroatoms. The lowest BCUT2D eigenvalue weighted by Crippen LogP contribution is -2.27. The van der Waals surface area contributed by atoms with E-state index in [-0.39, 0.29) is 5.91 Å². The van der Waals surface area contributed by atoms with Gasteiger partial charge in [0.25, 0.3) is 5.91 Å². The predicted octanol–water partition coefficient (Wildman–Crippen LogP) is 2.80. The number of rotatable bonds is 8. The Balaban J connectivity index is 1.63. The van der Waals surface area contributed by atoms with Crippen molar-refractivity contribution in [1.82, 2.24) is 20.3 Å². The Bertz CT molecular complexity index is 945. The zero-order chi connectivity index (χ0) is 20.6. The monoisotopic (exact) mass is 391 g/mol. The molecule has 1 N–H and O–H groups in total. The highest BCUT2D eigenvalue weighted by Crippen LogP contribution is 2.12. The van der Waals surface area contributed by atoms with Crippen molar-refractivity contribution in [2.24, 2.45) is 0 Å². The molecule has 3 aromatic rings. The molecule has 0 fully saturated rings. The van der Waals surface area contributed by atoms with E-state index in [4.69, 9.17) is 4.74 Å². The van der Waals surface area contributed by atoms with E-state index in [1.54, 1.807) is 25.6 Å². The van der Waals surface area contributed by atoms with Crippen molar-refractivity contribution in [3.8, 4) is 5.75 Å². The average Bonchev–Trinajstić information content (AvgIpc) is 2.76. The maximum Gasteiger partial charge on any atom is 0.270 e. The van der Waals surface area contributed by atoms with Crippen LogP contribution in [-0.4, -0.2) is 41.6 Å². The van der Waals surface area contributed by atoms with Gasteiger partial charge < -0.3 is 15.0 Å². The molecule has 1 amide bonds. The van der Waals surface area contributed by atoms with E-state index in [1.165, 1.54) is 5.56 Å². The molecular weight excluding hydrogens is 366 g/mol. The Morgan fingerprint density at radius 1 is 1.07 bits per heavy atom. The normalized spacial score (nSPS) is 10.4. The van der Waals surface area contributed by atoms with Crippen molar-refractivity contribution in [1.29, 1.82) is 0 Å². The van der Waals surface area contributed by atoms with E-state index < -0.39 is 0 Å². The van der Waals surface area contributed by atoms with E-state index in [9.17, 15) is 4.79 Å². The van der Waals surface area contributed by atoms with Crippen LogP contribution in [0.2, 0.25) is 0 Å². The summed E-state index contributed by atoms with van der Waals surface area (Å²) in [7, 11) is 3.55. The number of carbonyl (C=O) groups excluding carboxylic acids is 1. The second kappa shape index (κ2) is 9.64. The van der Waals surface area contributed by atoms with Gasteiger partial charge in [0, 0.05) is 38.2 Å². The maximum atomic E-state index is 12.6. The highest BCUT2D eigenvalue weighted by Gasteiger charge is 2.13. The number of likely N-dealkylation sites (N-methyl/N-ethyl adjacent to an activating group) is 1. The molecular formula is C22H25N5O2. The van der Waals surface area contributed by atoms with Crippen LogP contribution in [0.15, 0.2) is 54.9 Å². The summed E-state index contributed by atoms with van der Waals surface area (Å²) in [4.78, 5) is 27.5. The fourth-order valence-electron chi connectivity index (χ4n) is 2.80. The lowest BCUT2D eigenvalue weighted by molar-refractivity contribution is 0.0945.